The van der Waals surface area contributed by atoms with Crippen molar-refractivity contribution in [2.24, 2.45) is 0 Å². The van der Waals surface area contributed by atoms with Crippen molar-refractivity contribution in [3.63, 3.8) is 0 Å². The van der Waals surface area contributed by atoms with Crippen molar-refractivity contribution in [2.45, 2.75) is 65.0 Å². The number of piperidine rings is 1. The first kappa shape index (κ1) is 25.9. The topological polar surface area (TPSA) is 86.3 Å². The Hall–Kier alpha value is -2.39. The number of hydrogen-bond donors (Lipinski definition) is 1. The van der Waals surface area contributed by atoms with Crippen molar-refractivity contribution >= 4 is 12.2 Å². The van der Waals surface area contributed by atoms with Crippen molar-refractivity contribution in [1.82, 2.24) is 10.2 Å². The van der Waals surface area contributed by atoms with Gasteiger partial charge in [0.1, 0.15) is 11.4 Å². The summed E-state index contributed by atoms with van der Waals surface area (Å²) in [4.78, 5) is 25.4. The van der Waals surface area contributed by atoms with Crippen LogP contribution in [-0.2, 0) is 24.7 Å². The Balaban J connectivity index is 2.15. The quantitative estimate of drug-likeness (QED) is 0.493. The lowest BCUT2D eigenvalue weighted by atomic mass is 10.00. The van der Waals surface area contributed by atoms with Crippen LogP contribution in [0.2, 0.25) is 0 Å². The van der Waals surface area contributed by atoms with E-state index in [1.54, 1.807) is 17.9 Å². The van der Waals surface area contributed by atoms with Crippen LogP contribution in [0.1, 0.15) is 51.7 Å². The van der Waals surface area contributed by atoms with Crippen LogP contribution in [0, 0.1) is 12.7 Å². The predicted octanol–water partition coefficient (Wildman–Crippen LogP) is 4.10. The Bertz CT molecular complexity index is 797. The number of carbonyl (C=O) groups excluding carboxylic acids is 2. The van der Waals surface area contributed by atoms with Gasteiger partial charge in [-0.1, -0.05) is 6.07 Å². The minimum atomic E-state index is -1.29. The van der Waals surface area contributed by atoms with Crippen LogP contribution in [-0.4, -0.2) is 62.1 Å². The van der Waals surface area contributed by atoms with Crippen LogP contribution in [0.15, 0.2) is 18.2 Å². The van der Waals surface area contributed by atoms with Crippen molar-refractivity contribution in [1.29, 1.82) is 0 Å². The van der Waals surface area contributed by atoms with Crippen LogP contribution >= 0.6 is 0 Å². The van der Waals surface area contributed by atoms with Crippen LogP contribution in [0.5, 0.6) is 0 Å². The summed E-state index contributed by atoms with van der Waals surface area (Å²) in [6, 6.07) is 4.43. The smallest absolute Gasteiger partial charge is 0.410 e. The van der Waals surface area contributed by atoms with Gasteiger partial charge < -0.3 is 29.2 Å². The molecule has 1 N–H and O–H groups in total. The number of nitrogens with one attached hydrogen (secondary N) is 1. The SMILES string of the molecule is COC(=O)NCCO[C@](C)(OC1CCCN(C(=O)OC(C)(C)C)C1)c1cc(F)ccc1C. The second-order valence-electron chi connectivity index (χ2n) is 8.98. The van der Waals surface area contributed by atoms with Crippen molar-refractivity contribution < 1.29 is 32.9 Å². The zero-order valence-corrected chi connectivity index (χ0v) is 19.8. The first-order valence-electron chi connectivity index (χ1n) is 10.8. The number of nitrogens with zero attached hydrogens (tertiary/aromatic N) is 1. The molecule has 1 heterocycles. The lowest BCUT2D eigenvalue weighted by Crippen LogP contribution is -2.48. The van der Waals surface area contributed by atoms with E-state index in [2.05, 4.69) is 10.1 Å². The third-order valence-electron chi connectivity index (χ3n) is 5.04. The van der Waals surface area contributed by atoms with Crippen LogP contribution < -0.4 is 5.32 Å². The van der Waals surface area contributed by atoms with Gasteiger partial charge in [-0.2, -0.15) is 0 Å². The van der Waals surface area contributed by atoms with E-state index in [0.717, 1.165) is 12.0 Å². The molecular formula is C23H35FN2O6. The van der Waals surface area contributed by atoms with Crippen LogP contribution in [0.4, 0.5) is 14.0 Å². The minimum Gasteiger partial charge on any atom is -0.453 e. The largest absolute Gasteiger partial charge is 0.453 e. The summed E-state index contributed by atoms with van der Waals surface area (Å²) in [6.07, 6.45) is 0.160. The first-order valence-corrected chi connectivity index (χ1v) is 10.8. The molecule has 0 bridgehead atoms. The number of amides is 2. The van der Waals surface area contributed by atoms with Gasteiger partial charge in [-0.15, -0.1) is 0 Å². The van der Waals surface area contributed by atoms with E-state index < -0.39 is 29.4 Å². The highest BCUT2D eigenvalue weighted by molar-refractivity contribution is 5.68. The van der Waals surface area contributed by atoms with Gasteiger partial charge in [-0.25, -0.2) is 14.0 Å². The van der Waals surface area contributed by atoms with E-state index in [1.807, 2.05) is 27.7 Å². The fraction of sp³-hybridized carbons (Fsp3) is 0.652. The summed E-state index contributed by atoms with van der Waals surface area (Å²) in [6.45, 7) is 10.3. The Kier molecular flexibility index (Phi) is 8.86. The summed E-state index contributed by atoms with van der Waals surface area (Å²) in [5, 5.41) is 2.54. The molecule has 2 rings (SSSR count). The van der Waals surface area contributed by atoms with E-state index >= 15 is 0 Å². The molecule has 0 spiro atoms. The Morgan fingerprint density at radius 2 is 1.97 bits per heavy atom. The summed E-state index contributed by atoms with van der Waals surface area (Å²) in [7, 11) is 1.28. The lowest BCUT2D eigenvalue weighted by Gasteiger charge is -2.40. The van der Waals surface area contributed by atoms with E-state index in [4.69, 9.17) is 14.2 Å². The van der Waals surface area contributed by atoms with Gasteiger partial charge >= 0.3 is 12.2 Å². The molecule has 0 saturated carbocycles. The van der Waals surface area contributed by atoms with E-state index in [0.29, 0.717) is 25.1 Å². The monoisotopic (exact) mass is 454 g/mol. The standard InChI is InChI=1S/C23H35FN2O6/c1-16-9-10-17(24)14-19(16)23(5,30-13-11-25-20(27)29-6)31-18-8-7-12-26(15-18)21(28)32-22(2,3)4/h9-10,14,18H,7-8,11-13,15H2,1-6H3,(H,25,27)/t18?,23-/m1/s1. The highest BCUT2D eigenvalue weighted by Gasteiger charge is 2.37. The number of likely N-dealkylation sites (tertiary alicyclic amines) is 1. The minimum absolute atomic E-state index is 0.115. The van der Waals surface area contributed by atoms with Crippen molar-refractivity contribution in [2.75, 3.05) is 33.4 Å². The number of rotatable bonds is 7. The highest BCUT2D eigenvalue weighted by atomic mass is 19.1. The number of carbonyl (C=O) groups is 2. The molecule has 180 valence electrons. The van der Waals surface area contributed by atoms with Gasteiger partial charge in [-0.3, -0.25) is 0 Å². The maximum atomic E-state index is 14.1. The summed E-state index contributed by atoms with van der Waals surface area (Å²) in [5.41, 5.74) is 0.757. The number of alkyl carbamates (subject to hydrolysis) is 1. The maximum Gasteiger partial charge on any atom is 0.410 e. The van der Waals surface area contributed by atoms with Gasteiger partial charge in [0.15, 0.2) is 5.79 Å². The molecular weight excluding hydrogens is 419 g/mol. The molecule has 1 saturated heterocycles. The molecule has 0 aromatic heterocycles. The molecule has 1 aromatic rings. The van der Waals surface area contributed by atoms with Crippen molar-refractivity contribution in [3.8, 4) is 0 Å². The molecule has 1 aromatic carbocycles. The van der Waals surface area contributed by atoms with E-state index in [1.165, 1.54) is 19.2 Å². The molecule has 1 unspecified atom stereocenters. The fourth-order valence-electron chi connectivity index (χ4n) is 3.57. The van der Waals surface area contributed by atoms with E-state index in [-0.39, 0.29) is 19.3 Å². The van der Waals surface area contributed by atoms with Gasteiger partial charge in [-0.05, 0) is 65.2 Å². The number of halogens is 1. The number of ether oxygens (including phenoxy) is 4. The number of aryl methyl sites for hydroxylation is 1. The maximum absolute atomic E-state index is 14.1. The second kappa shape index (κ2) is 11.0. The van der Waals surface area contributed by atoms with Crippen LogP contribution in [0.25, 0.3) is 0 Å². The molecule has 1 aliphatic rings. The zero-order chi connectivity index (χ0) is 23.9. The number of hydrogen-bond acceptors (Lipinski definition) is 6. The van der Waals surface area contributed by atoms with E-state index in [9.17, 15) is 14.0 Å². The van der Waals surface area contributed by atoms with Crippen molar-refractivity contribution in [3.05, 3.63) is 35.1 Å². The molecule has 0 radical (unpaired) electrons. The summed E-state index contributed by atoms with van der Waals surface area (Å²) in [5.74, 6) is -1.69. The van der Waals surface area contributed by atoms with Gasteiger partial charge in [0.25, 0.3) is 0 Å². The third-order valence-corrected chi connectivity index (χ3v) is 5.04. The lowest BCUT2D eigenvalue weighted by molar-refractivity contribution is -0.262. The zero-order valence-electron chi connectivity index (χ0n) is 19.8. The molecule has 1 fully saturated rings. The van der Waals surface area contributed by atoms with Crippen LogP contribution in [0.3, 0.4) is 0 Å². The number of methoxy groups -OCH3 is 1. The molecule has 32 heavy (non-hydrogen) atoms. The summed E-state index contributed by atoms with van der Waals surface area (Å²) < 4.78 is 36.5. The predicted molar refractivity (Wildman–Crippen MR) is 117 cm³/mol. The van der Waals surface area contributed by atoms with Gasteiger partial charge in [0, 0.05) is 18.7 Å². The second-order valence-corrected chi connectivity index (χ2v) is 8.98. The first-order chi connectivity index (χ1) is 14.9. The normalized spacial score (nSPS) is 18.6. The summed E-state index contributed by atoms with van der Waals surface area (Å²) >= 11 is 0. The van der Waals surface area contributed by atoms with Gasteiger partial charge in [0.05, 0.1) is 26.4 Å². The Labute approximate surface area is 189 Å². The highest BCUT2D eigenvalue weighted by Crippen LogP contribution is 2.33. The molecule has 1 aliphatic heterocycles. The molecule has 2 amide bonds. The number of benzene rings is 1. The fourth-order valence-corrected chi connectivity index (χ4v) is 3.57. The average molecular weight is 455 g/mol. The average Bonchev–Trinajstić information content (AvgIpc) is 2.71. The molecule has 2 atom stereocenters. The molecule has 8 nitrogen and oxygen atoms in total. The Morgan fingerprint density at radius 1 is 1.25 bits per heavy atom. The third kappa shape index (κ3) is 7.63. The molecule has 0 aliphatic carbocycles. The Morgan fingerprint density at radius 3 is 2.62 bits per heavy atom. The van der Waals surface area contributed by atoms with Gasteiger partial charge in [0.2, 0.25) is 0 Å². The molecule has 9 heteroatoms.